The summed E-state index contributed by atoms with van der Waals surface area (Å²) >= 11 is 5.88. The Labute approximate surface area is 106 Å². The number of sulfonamides is 1. The highest BCUT2D eigenvalue weighted by molar-refractivity contribution is 7.89. The first-order chi connectivity index (χ1) is 7.80. The molecule has 0 aliphatic heterocycles. The van der Waals surface area contributed by atoms with Crippen LogP contribution in [0.4, 0.5) is 0 Å². The van der Waals surface area contributed by atoms with Crippen LogP contribution in [0.5, 0.6) is 0 Å². The van der Waals surface area contributed by atoms with Crippen molar-refractivity contribution in [2.75, 3.05) is 7.05 Å². The van der Waals surface area contributed by atoms with Gasteiger partial charge in [-0.15, -0.1) is 0 Å². The molecular weight excluding hydrogens is 260 g/mol. The summed E-state index contributed by atoms with van der Waals surface area (Å²) in [5, 5.41) is 8.75. The number of hydrogen-bond acceptors (Lipinski definition) is 3. The predicted octanol–water partition coefficient (Wildman–Crippen LogP) is 2.24. The molecule has 0 unspecified atom stereocenters. The van der Waals surface area contributed by atoms with Gasteiger partial charge in [-0.05, 0) is 32.0 Å². The number of nitrogens with zero attached hydrogens (tertiary/aromatic N) is 2. The molecule has 6 heteroatoms. The maximum absolute atomic E-state index is 12.2. The summed E-state index contributed by atoms with van der Waals surface area (Å²) in [4.78, 5) is 0.0226. The molecule has 0 N–H and O–H groups in total. The zero-order valence-electron chi connectivity index (χ0n) is 9.81. The van der Waals surface area contributed by atoms with E-state index in [1.165, 1.54) is 29.6 Å². The first-order valence-electron chi connectivity index (χ1n) is 4.98. The molecule has 0 radical (unpaired) electrons. The summed E-state index contributed by atoms with van der Waals surface area (Å²) in [6.07, 6.45) is 0. The van der Waals surface area contributed by atoms with Gasteiger partial charge in [0.2, 0.25) is 10.0 Å². The molecule has 0 aliphatic rings. The van der Waals surface area contributed by atoms with Crippen molar-refractivity contribution in [1.82, 2.24) is 4.31 Å². The minimum atomic E-state index is -3.60. The van der Waals surface area contributed by atoms with E-state index in [1.807, 2.05) is 6.07 Å². The zero-order chi connectivity index (χ0) is 13.2. The number of rotatable bonds is 3. The predicted molar refractivity (Wildman–Crippen MR) is 66.3 cm³/mol. The van der Waals surface area contributed by atoms with E-state index in [0.717, 1.165) is 0 Å². The second kappa shape index (κ2) is 5.05. The molecule has 0 amide bonds. The summed E-state index contributed by atoms with van der Waals surface area (Å²) in [5.41, 5.74) is 0.334. The van der Waals surface area contributed by atoms with Crippen molar-refractivity contribution < 1.29 is 8.42 Å². The molecule has 1 rings (SSSR count). The van der Waals surface area contributed by atoms with Crippen molar-refractivity contribution in [2.45, 2.75) is 24.8 Å². The Bertz CT molecular complexity index is 561. The van der Waals surface area contributed by atoms with Gasteiger partial charge in [0.05, 0.1) is 16.7 Å². The molecular formula is C11H13ClN2O2S. The van der Waals surface area contributed by atoms with Crippen molar-refractivity contribution in [1.29, 1.82) is 5.26 Å². The van der Waals surface area contributed by atoms with Gasteiger partial charge in [-0.25, -0.2) is 8.42 Å². The smallest absolute Gasteiger partial charge is 0.207 e. The summed E-state index contributed by atoms with van der Waals surface area (Å²) in [6, 6.07) is 5.89. The number of nitriles is 1. The Morgan fingerprint density at radius 3 is 2.41 bits per heavy atom. The van der Waals surface area contributed by atoms with Gasteiger partial charge >= 0.3 is 0 Å². The first-order valence-corrected chi connectivity index (χ1v) is 6.80. The average molecular weight is 273 g/mol. The maximum Gasteiger partial charge on any atom is 0.244 e. The third kappa shape index (κ3) is 2.78. The van der Waals surface area contributed by atoms with Crippen molar-refractivity contribution in [3.8, 4) is 6.07 Å². The summed E-state index contributed by atoms with van der Waals surface area (Å²) in [5.74, 6) is 0. The summed E-state index contributed by atoms with van der Waals surface area (Å²) in [6.45, 7) is 3.55. The van der Waals surface area contributed by atoms with Crippen molar-refractivity contribution in [2.24, 2.45) is 0 Å². The molecule has 0 heterocycles. The fourth-order valence-corrected chi connectivity index (χ4v) is 3.10. The zero-order valence-corrected chi connectivity index (χ0v) is 11.4. The lowest BCUT2D eigenvalue weighted by atomic mass is 10.2. The SMILES string of the molecule is CC(C)N(C)S(=O)(=O)c1ccc(C#N)cc1Cl. The Morgan fingerprint density at radius 1 is 1.41 bits per heavy atom. The van der Waals surface area contributed by atoms with Gasteiger partial charge in [-0.2, -0.15) is 9.57 Å². The molecule has 92 valence electrons. The lowest BCUT2D eigenvalue weighted by Crippen LogP contribution is -2.33. The molecule has 0 spiro atoms. The van der Waals surface area contributed by atoms with Crippen molar-refractivity contribution >= 4 is 21.6 Å². The minimum Gasteiger partial charge on any atom is -0.207 e. The molecule has 0 bridgehead atoms. The highest BCUT2D eigenvalue weighted by atomic mass is 35.5. The van der Waals surface area contributed by atoms with Gasteiger partial charge in [0.15, 0.2) is 0 Å². The summed E-state index contributed by atoms with van der Waals surface area (Å²) in [7, 11) is -2.11. The molecule has 0 fully saturated rings. The fourth-order valence-electron chi connectivity index (χ4n) is 1.21. The molecule has 0 atom stereocenters. The number of benzene rings is 1. The van der Waals surface area contributed by atoms with Crippen LogP contribution in [0, 0.1) is 11.3 Å². The van der Waals surface area contributed by atoms with Crippen molar-refractivity contribution in [3.05, 3.63) is 28.8 Å². The fraction of sp³-hybridized carbons (Fsp3) is 0.364. The van der Waals surface area contributed by atoms with Gasteiger partial charge in [0.1, 0.15) is 4.90 Å². The average Bonchev–Trinajstić information content (AvgIpc) is 2.27. The third-order valence-corrected chi connectivity index (χ3v) is 4.96. The van der Waals surface area contributed by atoms with Crippen LogP contribution in [0.1, 0.15) is 19.4 Å². The molecule has 1 aromatic carbocycles. The van der Waals surface area contributed by atoms with Crippen LogP contribution in [0.15, 0.2) is 23.1 Å². The Balaban J connectivity index is 3.31. The van der Waals surface area contributed by atoms with E-state index in [-0.39, 0.29) is 16.0 Å². The molecule has 17 heavy (non-hydrogen) atoms. The lowest BCUT2D eigenvalue weighted by Gasteiger charge is -2.21. The van der Waals surface area contributed by atoms with E-state index in [1.54, 1.807) is 13.8 Å². The van der Waals surface area contributed by atoms with E-state index < -0.39 is 10.0 Å². The van der Waals surface area contributed by atoms with E-state index >= 15 is 0 Å². The van der Waals surface area contributed by atoms with Crippen LogP contribution < -0.4 is 0 Å². The number of hydrogen-bond donors (Lipinski definition) is 0. The Hall–Kier alpha value is -1.09. The van der Waals surface area contributed by atoms with Crippen molar-refractivity contribution in [3.63, 3.8) is 0 Å². The highest BCUT2D eigenvalue weighted by Gasteiger charge is 2.25. The van der Waals surface area contributed by atoms with Gasteiger partial charge in [0, 0.05) is 13.1 Å². The summed E-state index contributed by atoms with van der Waals surface area (Å²) < 4.78 is 25.5. The van der Waals surface area contributed by atoms with Crippen LogP contribution in [0.2, 0.25) is 5.02 Å². The lowest BCUT2D eigenvalue weighted by molar-refractivity contribution is 0.410. The second-order valence-corrected chi connectivity index (χ2v) is 6.25. The Kier molecular flexibility index (Phi) is 4.15. The normalized spacial score (nSPS) is 11.8. The van der Waals surface area contributed by atoms with E-state index in [9.17, 15) is 8.42 Å². The first kappa shape index (κ1) is 14.0. The minimum absolute atomic E-state index is 0.0226. The van der Waals surface area contributed by atoms with Crippen LogP contribution in [-0.2, 0) is 10.0 Å². The second-order valence-electron chi connectivity index (χ2n) is 3.87. The van der Waals surface area contributed by atoms with Gasteiger partial charge in [-0.3, -0.25) is 0 Å². The van der Waals surface area contributed by atoms with Gasteiger partial charge in [0.25, 0.3) is 0 Å². The van der Waals surface area contributed by atoms with Crippen LogP contribution in [0.3, 0.4) is 0 Å². The van der Waals surface area contributed by atoms with Crippen LogP contribution >= 0.6 is 11.6 Å². The highest BCUT2D eigenvalue weighted by Crippen LogP contribution is 2.25. The molecule has 4 nitrogen and oxygen atoms in total. The maximum atomic E-state index is 12.2. The van der Waals surface area contributed by atoms with E-state index in [2.05, 4.69) is 0 Å². The molecule has 0 saturated heterocycles. The molecule has 0 aliphatic carbocycles. The standard InChI is InChI=1S/C11H13ClN2O2S/c1-8(2)14(3)17(15,16)11-5-4-9(7-13)6-10(11)12/h4-6,8H,1-3H3. The number of halogens is 1. The monoisotopic (exact) mass is 272 g/mol. The third-order valence-electron chi connectivity index (χ3n) is 2.45. The quantitative estimate of drug-likeness (QED) is 0.848. The largest absolute Gasteiger partial charge is 0.244 e. The van der Waals surface area contributed by atoms with E-state index in [0.29, 0.717) is 5.56 Å². The van der Waals surface area contributed by atoms with E-state index in [4.69, 9.17) is 16.9 Å². The topological polar surface area (TPSA) is 61.2 Å². The Morgan fingerprint density at radius 2 is 2.00 bits per heavy atom. The van der Waals surface area contributed by atoms with Gasteiger partial charge in [-0.1, -0.05) is 11.6 Å². The molecule has 1 aromatic rings. The van der Waals surface area contributed by atoms with Crippen LogP contribution in [0.25, 0.3) is 0 Å². The van der Waals surface area contributed by atoms with Crippen LogP contribution in [-0.4, -0.2) is 25.8 Å². The van der Waals surface area contributed by atoms with Gasteiger partial charge < -0.3 is 0 Å². The molecule has 0 aromatic heterocycles. The molecule has 0 saturated carbocycles.